The summed E-state index contributed by atoms with van der Waals surface area (Å²) in [5, 5.41) is 3.38. The normalized spacial score (nSPS) is 22.8. The molecule has 2 nitrogen and oxygen atoms in total. The highest BCUT2D eigenvalue weighted by Gasteiger charge is 2.21. The van der Waals surface area contributed by atoms with Gasteiger partial charge in [-0.1, -0.05) is 37.3 Å². The fraction of sp³-hybridized carbons (Fsp3) is 0.600. The SMILES string of the molecule is CN[C@@H]1CCN(C[C@H](C)Cc2ccccc2)C1. The zero-order chi connectivity index (χ0) is 12.1. The van der Waals surface area contributed by atoms with Crippen LogP contribution < -0.4 is 5.32 Å². The Morgan fingerprint density at radius 2 is 2.12 bits per heavy atom. The number of hydrogen-bond acceptors (Lipinski definition) is 2. The third kappa shape index (κ3) is 3.83. The molecule has 0 aromatic heterocycles. The van der Waals surface area contributed by atoms with Gasteiger partial charge in [0.1, 0.15) is 0 Å². The summed E-state index contributed by atoms with van der Waals surface area (Å²) in [5.74, 6) is 0.744. The zero-order valence-corrected chi connectivity index (χ0v) is 11.0. The minimum atomic E-state index is 0.707. The number of rotatable bonds is 5. The van der Waals surface area contributed by atoms with Gasteiger partial charge in [-0.15, -0.1) is 0 Å². The molecule has 17 heavy (non-hydrogen) atoms. The molecule has 1 aromatic rings. The first-order valence-electron chi connectivity index (χ1n) is 6.71. The Morgan fingerprint density at radius 3 is 2.76 bits per heavy atom. The maximum Gasteiger partial charge on any atom is 0.0204 e. The number of nitrogens with one attached hydrogen (secondary N) is 1. The van der Waals surface area contributed by atoms with Crippen LogP contribution in [0.4, 0.5) is 0 Å². The molecule has 1 aromatic carbocycles. The van der Waals surface area contributed by atoms with Gasteiger partial charge in [0.15, 0.2) is 0 Å². The van der Waals surface area contributed by atoms with Crippen LogP contribution >= 0.6 is 0 Å². The van der Waals surface area contributed by atoms with E-state index in [-0.39, 0.29) is 0 Å². The Labute approximate surface area is 105 Å². The summed E-state index contributed by atoms with van der Waals surface area (Å²) >= 11 is 0. The van der Waals surface area contributed by atoms with E-state index in [1.165, 1.54) is 38.0 Å². The van der Waals surface area contributed by atoms with Gasteiger partial charge in [-0.2, -0.15) is 0 Å². The molecule has 1 aliphatic heterocycles. The summed E-state index contributed by atoms with van der Waals surface area (Å²) < 4.78 is 0. The molecule has 0 radical (unpaired) electrons. The molecule has 1 aliphatic rings. The van der Waals surface area contributed by atoms with Gasteiger partial charge in [-0.25, -0.2) is 0 Å². The van der Waals surface area contributed by atoms with Crippen molar-refractivity contribution < 1.29 is 0 Å². The van der Waals surface area contributed by atoms with Crippen molar-refractivity contribution in [3.05, 3.63) is 35.9 Å². The smallest absolute Gasteiger partial charge is 0.0204 e. The molecule has 1 N–H and O–H groups in total. The molecule has 1 fully saturated rings. The van der Waals surface area contributed by atoms with Crippen LogP contribution in [0.3, 0.4) is 0 Å². The Kier molecular flexibility index (Phi) is 4.57. The molecule has 0 unspecified atom stereocenters. The Morgan fingerprint density at radius 1 is 1.35 bits per heavy atom. The zero-order valence-electron chi connectivity index (χ0n) is 11.0. The second kappa shape index (κ2) is 6.18. The third-order valence-corrected chi connectivity index (χ3v) is 3.68. The molecular weight excluding hydrogens is 208 g/mol. The van der Waals surface area contributed by atoms with Gasteiger partial charge in [-0.3, -0.25) is 0 Å². The van der Waals surface area contributed by atoms with Gasteiger partial charge in [0.05, 0.1) is 0 Å². The Balaban J connectivity index is 1.76. The van der Waals surface area contributed by atoms with Crippen molar-refractivity contribution in [1.82, 2.24) is 10.2 Å². The van der Waals surface area contributed by atoms with Crippen molar-refractivity contribution in [2.45, 2.75) is 25.8 Å². The molecule has 1 saturated heterocycles. The highest BCUT2D eigenvalue weighted by molar-refractivity contribution is 5.15. The third-order valence-electron chi connectivity index (χ3n) is 3.68. The maximum absolute atomic E-state index is 3.38. The summed E-state index contributed by atoms with van der Waals surface area (Å²) in [5.41, 5.74) is 1.46. The lowest BCUT2D eigenvalue weighted by molar-refractivity contribution is 0.281. The lowest BCUT2D eigenvalue weighted by Gasteiger charge is -2.20. The number of likely N-dealkylation sites (N-methyl/N-ethyl adjacent to an activating group) is 1. The first kappa shape index (κ1) is 12.6. The lowest BCUT2D eigenvalue weighted by atomic mass is 10.0. The van der Waals surface area contributed by atoms with Crippen LogP contribution in [0.15, 0.2) is 30.3 Å². The van der Waals surface area contributed by atoms with Crippen LogP contribution in [0.5, 0.6) is 0 Å². The largest absolute Gasteiger partial charge is 0.316 e. The van der Waals surface area contributed by atoms with Crippen LogP contribution in [0.25, 0.3) is 0 Å². The van der Waals surface area contributed by atoms with Crippen molar-refractivity contribution >= 4 is 0 Å². The highest BCUT2D eigenvalue weighted by Crippen LogP contribution is 2.14. The van der Waals surface area contributed by atoms with Crippen LogP contribution in [0, 0.1) is 5.92 Å². The molecule has 94 valence electrons. The van der Waals surface area contributed by atoms with E-state index in [1.54, 1.807) is 0 Å². The first-order chi connectivity index (χ1) is 8.28. The molecule has 0 bridgehead atoms. The highest BCUT2D eigenvalue weighted by atomic mass is 15.2. The van der Waals surface area contributed by atoms with Crippen molar-refractivity contribution in [3.8, 4) is 0 Å². The minimum absolute atomic E-state index is 0.707. The maximum atomic E-state index is 3.38. The van der Waals surface area contributed by atoms with Crippen molar-refractivity contribution in [2.24, 2.45) is 5.92 Å². The monoisotopic (exact) mass is 232 g/mol. The summed E-state index contributed by atoms with van der Waals surface area (Å²) in [6.45, 7) is 6.06. The second-order valence-electron chi connectivity index (χ2n) is 5.33. The van der Waals surface area contributed by atoms with Gasteiger partial charge < -0.3 is 10.2 Å². The van der Waals surface area contributed by atoms with Gasteiger partial charge in [0, 0.05) is 19.1 Å². The molecule has 2 atom stereocenters. The number of likely N-dealkylation sites (tertiary alicyclic amines) is 1. The number of hydrogen-bond donors (Lipinski definition) is 1. The van der Waals surface area contributed by atoms with E-state index >= 15 is 0 Å². The molecule has 0 spiro atoms. The second-order valence-corrected chi connectivity index (χ2v) is 5.33. The van der Waals surface area contributed by atoms with Crippen molar-refractivity contribution in [1.29, 1.82) is 0 Å². The van der Waals surface area contributed by atoms with E-state index < -0.39 is 0 Å². The summed E-state index contributed by atoms with van der Waals surface area (Å²) in [4.78, 5) is 2.59. The molecule has 2 heteroatoms. The van der Waals surface area contributed by atoms with E-state index in [0.29, 0.717) is 6.04 Å². The Hall–Kier alpha value is -0.860. The standard InChI is InChI=1S/C15H24N2/c1-13(10-14-6-4-3-5-7-14)11-17-9-8-15(12-17)16-2/h3-7,13,15-16H,8-12H2,1-2H3/t13-,15-/m1/s1. The molecule has 1 heterocycles. The summed E-state index contributed by atoms with van der Waals surface area (Å²) in [7, 11) is 2.07. The van der Waals surface area contributed by atoms with E-state index in [9.17, 15) is 0 Å². The predicted octanol–water partition coefficient (Wildman–Crippen LogP) is 2.16. The summed E-state index contributed by atoms with van der Waals surface area (Å²) in [6.07, 6.45) is 2.50. The van der Waals surface area contributed by atoms with Gasteiger partial charge in [0.25, 0.3) is 0 Å². The van der Waals surface area contributed by atoms with E-state index in [1.807, 2.05) is 0 Å². The quantitative estimate of drug-likeness (QED) is 0.837. The lowest BCUT2D eigenvalue weighted by Crippen LogP contribution is -2.32. The Bertz CT molecular complexity index is 323. The van der Waals surface area contributed by atoms with Gasteiger partial charge in [0.2, 0.25) is 0 Å². The topological polar surface area (TPSA) is 15.3 Å². The number of nitrogens with zero attached hydrogens (tertiary/aromatic N) is 1. The van der Waals surface area contributed by atoms with Crippen molar-refractivity contribution in [3.63, 3.8) is 0 Å². The minimum Gasteiger partial charge on any atom is -0.316 e. The fourth-order valence-corrected chi connectivity index (χ4v) is 2.76. The molecule has 0 amide bonds. The fourth-order valence-electron chi connectivity index (χ4n) is 2.76. The van der Waals surface area contributed by atoms with Crippen LogP contribution in [0.1, 0.15) is 18.9 Å². The first-order valence-corrected chi connectivity index (χ1v) is 6.71. The van der Waals surface area contributed by atoms with E-state index in [4.69, 9.17) is 0 Å². The van der Waals surface area contributed by atoms with Crippen LogP contribution in [-0.4, -0.2) is 37.6 Å². The van der Waals surface area contributed by atoms with Crippen LogP contribution in [-0.2, 0) is 6.42 Å². The molecule has 0 saturated carbocycles. The molecule has 2 rings (SSSR count). The van der Waals surface area contributed by atoms with Gasteiger partial charge in [-0.05, 0) is 37.9 Å². The molecular formula is C15H24N2. The number of benzene rings is 1. The van der Waals surface area contributed by atoms with Crippen molar-refractivity contribution in [2.75, 3.05) is 26.7 Å². The van der Waals surface area contributed by atoms with E-state index in [2.05, 4.69) is 54.5 Å². The predicted molar refractivity (Wildman–Crippen MR) is 73.2 cm³/mol. The summed E-state index contributed by atoms with van der Waals surface area (Å²) in [6, 6.07) is 11.5. The average molecular weight is 232 g/mol. The van der Waals surface area contributed by atoms with Gasteiger partial charge >= 0.3 is 0 Å². The van der Waals surface area contributed by atoms with Crippen LogP contribution in [0.2, 0.25) is 0 Å². The molecule has 0 aliphatic carbocycles. The average Bonchev–Trinajstić information content (AvgIpc) is 2.78. The van der Waals surface area contributed by atoms with E-state index in [0.717, 1.165) is 5.92 Å².